The van der Waals surface area contributed by atoms with E-state index in [9.17, 15) is 9.59 Å². The van der Waals surface area contributed by atoms with Gasteiger partial charge in [0.1, 0.15) is 11.8 Å². The second-order valence-corrected chi connectivity index (χ2v) is 10.9. The average molecular weight is 616 g/mol. The first kappa shape index (κ1) is 27.9. The van der Waals surface area contributed by atoms with Gasteiger partial charge in [-0.3, -0.25) is 9.59 Å². The Morgan fingerprint density at radius 3 is 2.11 bits per heavy atom. The number of ether oxygens (including phenoxy) is 1. The van der Waals surface area contributed by atoms with Crippen molar-refractivity contribution in [2.45, 2.75) is 52.7 Å². The fraction of sp³-hybridized carbons (Fsp3) is 0.310. The van der Waals surface area contributed by atoms with Crippen LogP contribution in [0.2, 0.25) is 0 Å². The summed E-state index contributed by atoms with van der Waals surface area (Å²) in [4.78, 5) is 28.7. The van der Waals surface area contributed by atoms with Crippen molar-refractivity contribution in [3.63, 3.8) is 0 Å². The van der Waals surface area contributed by atoms with Gasteiger partial charge in [-0.25, -0.2) is 0 Å². The maximum absolute atomic E-state index is 13.6. The topological polar surface area (TPSA) is 58.6 Å². The third-order valence-electron chi connectivity index (χ3n) is 5.74. The molecule has 0 aromatic heterocycles. The van der Waals surface area contributed by atoms with E-state index in [2.05, 4.69) is 37.2 Å². The molecule has 0 aliphatic heterocycles. The molecular weight excluding hydrogens is 584 g/mol. The Labute approximate surface area is 230 Å². The molecule has 0 aliphatic rings. The Hall–Kier alpha value is -2.64. The Kier molecular flexibility index (Phi) is 10.1. The molecule has 3 aromatic rings. The van der Waals surface area contributed by atoms with Crippen molar-refractivity contribution in [1.29, 1.82) is 0 Å². The minimum absolute atomic E-state index is 0.0506. The summed E-state index contributed by atoms with van der Waals surface area (Å²) in [6, 6.07) is 20.6. The number of hydrogen-bond acceptors (Lipinski definition) is 3. The predicted molar refractivity (Wildman–Crippen MR) is 151 cm³/mol. The number of carbonyl (C=O) groups is 2. The predicted octanol–water partition coefficient (Wildman–Crippen LogP) is 6.37. The molecule has 0 saturated carbocycles. The van der Waals surface area contributed by atoms with Gasteiger partial charge >= 0.3 is 0 Å². The summed E-state index contributed by atoms with van der Waals surface area (Å²) >= 11 is 7.03. The molecule has 0 bridgehead atoms. The van der Waals surface area contributed by atoms with E-state index < -0.39 is 6.04 Å². The van der Waals surface area contributed by atoms with E-state index in [0.29, 0.717) is 12.2 Å². The third kappa shape index (κ3) is 7.93. The van der Waals surface area contributed by atoms with Crippen molar-refractivity contribution in [3.8, 4) is 5.75 Å². The maximum Gasteiger partial charge on any atom is 0.261 e. The Bertz CT molecular complexity index is 1160. The molecule has 0 unspecified atom stereocenters. The van der Waals surface area contributed by atoms with Crippen LogP contribution in [0, 0.1) is 13.8 Å². The molecule has 3 rings (SSSR count). The van der Waals surface area contributed by atoms with Gasteiger partial charge in [-0.15, -0.1) is 0 Å². The number of halogens is 2. The maximum atomic E-state index is 13.6. The zero-order chi connectivity index (χ0) is 26.2. The molecule has 0 fully saturated rings. The van der Waals surface area contributed by atoms with E-state index in [1.165, 1.54) is 0 Å². The van der Waals surface area contributed by atoms with Gasteiger partial charge in [0.15, 0.2) is 6.61 Å². The SMILES string of the molecule is Cc1cc(OCC(=O)N(Cc2ccc(Br)cc2)[C@H](Cc2ccccc2)C(=O)NC(C)C)cc(C)c1Br. The van der Waals surface area contributed by atoms with Gasteiger partial charge in [0, 0.05) is 28.0 Å². The first-order valence-corrected chi connectivity index (χ1v) is 13.5. The van der Waals surface area contributed by atoms with Crippen LogP contribution in [0.1, 0.15) is 36.1 Å². The van der Waals surface area contributed by atoms with Crippen LogP contribution in [0.25, 0.3) is 0 Å². The Balaban J connectivity index is 1.91. The van der Waals surface area contributed by atoms with Crippen molar-refractivity contribution in [1.82, 2.24) is 10.2 Å². The van der Waals surface area contributed by atoms with Crippen LogP contribution in [0.15, 0.2) is 75.7 Å². The number of carbonyl (C=O) groups excluding carboxylic acids is 2. The molecule has 0 aliphatic carbocycles. The lowest BCUT2D eigenvalue weighted by Gasteiger charge is -2.32. The van der Waals surface area contributed by atoms with Crippen molar-refractivity contribution < 1.29 is 14.3 Å². The van der Waals surface area contributed by atoms with Crippen LogP contribution in [-0.4, -0.2) is 35.4 Å². The Morgan fingerprint density at radius 2 is 1.53 bits per heavy atom. The lowest BCUT2D eigenvalue weighted by molar-refractivity contribution is -0.143. The number of amides is 2. The van der Waals surface area contributed by atoms with Gasteiger partial charge < -0.3 is 15.0 Å². The van der Waals surface area contributed by atoms with E-state index in [1.54, 1.807) is 4.90 Å². The average Bonchev–Trinajstić information content (AvgIpc) is 2.84. The highest BCUT2D eigenvalue weighted by Gasteiger charge is 2.31. The van der Waals surface area contributed by atoms with E-state index in [1.807, 2.05) is 94.4 Å². The van der Waals surface area contributed by atoms with Gasteiger partial charge in [0.05, 0.1) is 0 Å². The summed E-state index contributed by atoms with van der Waals surface area (Å²) in [5.74, 6) is 0.182. The van der Waals surface area contributed by atoms with Crippen molar-refractivity contribution >= 4 is 43.7 Å². The van der Waals surface area contributed by atoms with E-state index in [0.717, 1.165) is 31.2 Å². The van der Waals surface area contributed by atoms with Gasteiger partial charge in [-0.05, 0) is 74.2 Å². The van der Waals surface area contributed by atoms with Gasteiger partial charge in [0.25, 0.3) is 5.91 Å². The number of hydrogen-bond donors (Lipinski definition) is 1. The van der Waals surface area contributed by atoms with Crippen LogP contribution in [-0.2, 0) is 22.6 Å². The molecule has 7 heteroatoms. The smallest absolute Gasteiger partial charge is 0.261 e. The molecular formula is C29H32Br2N2O3. The summed E-state index contributed by atoms with van der Waals surface area (Å²) in [5.41, 5.74) is 3.97. The number of rotatable bonds is 10. The lowest BCUT2D eigenvalue weighted by Crippen LogP contribution is -2.52. The fourth-order valence-electron chi connectivity index (χ4n) is 3.94. The molecule has 190 valence electrons. The lowest BCUT2D eigenvalue weighted by atomic mass is 10.0. The van der Waals surface area contributed by atoms with Gasteiger partial charge in [-0.1, -0.05) is 74.3 Å². The number of benzene rings is 3. The van der Waals surface area contributed by atoms with Crippen LogP contribution >= 0.6 is 31.9 Å². The molecule has 0 spiro atoms. The highest BCUT2D eigenvalue weighted by molar-refractivity contribution is 9.10. The summed E-state index contributed by atoms with van der Waals surface area (Å²) in [6.45, 7) is 7.92. The molecule has 0 saturated heterocycles. The molecule has 0 radical (unpaired) electrons. The minimum Gasteiger partial charge on any atom is -0.484 e. The van der Waals surface area contributed by atoms with Crippen LogP contribution in [0.4, 0.5) is 0 Å². The second-order valence-electron chi connectivity index (χ2n) is 9.18. The molecule has 0 heterocycles. The van der Waals surface area contributed by atoms with E-state index in [-0.39, 0.29) is 31.0 Å². The largest absolute Gasteiger partial charge is 0.484 e. The first-order chi connectivity index (χ1) is 17.1. The van der Waals surface area contributed by atoms with Gasteiger partial charge in [-0.2, -0.15) is 0 Å². The monoisotopic (exact) mass is 614 g/mol. The zero-order valence-corrected chi connectivity index (χ0v) is 24.2. The highest BCUT2D eigenvalue weighted by atomic mass is 79.9. The zero-order valence-electron chi connectivity index (χ0n) is 21.1. The van der Waals surface area contributed by atoms with Crippen LogP contribution in [0.3, 0.4) is 0 Å². The quantitative estimate of drug-likeness (QED) is 0.288. The Morgan fingerprint density at radius 1 is 0.917 bits per heavy atom. The summed E-state index contributed by atoms with van der Waals surface area (Å²) < 4.78 is 7.90. The molecule has 2 amide bonds. The van der Waals surface area contributed by atoms with Crippen LogP contribution < -0.4 is 10.1 Å². The van der Waals surface area contributed by atoms with Crippen molar-refractivity contribution in [2.24, 2.45) is 0 Å². The van der Waals surface area contributed by atoms with Crippen LogP contribution in [0.5, 0.6) is 5.75 Å². The first-order valence-electron chi connectivity index (χ1n) is 11.9. The van der Waals surface area contributed by atoms with Crippen molar-refractivity contribution in [3.05, 3.63) is 97.9 Å². The molecule has 1 atom stereocenters. The summed E-state index contributed by atoms with van der Waals surface area (Å²) in [7, 11) is 0. The fourth-order valence-corrected chi connectivity index (χ4v) is 4.43. The number of nitrogens with one attached hydrogen (secondary N) is 1. The van der Waals surface area contributed by atoms with E-state index in [4.69, 9.17) is 4.74 Å². The minimum atomic E-state index is -0.692. The van der Waals surface area contributed by atoms with Gasteiger partial charge in [0.2, 0.25) is 5.91 Å². The normalized spacial score (nSPS) is 11.8. The molecule has 3 aromatic carbocycles. The second kappa shape index (κ2) is 13.1. The van der Waals surface area contributed by atoms with E-state index >= 15 is 0 Å². The number of nitrogens with zero attached hydrogens (tertiary/aromatic N) is 1. The highest BCUT2D eigenvalue weighted by Crippen LogP contribution is 2.26. The standard InChI is InChI=1S/C29H32Br2N2O3/c1-19(2)32-29(35)26(16-22-8-6-5-7-9-22)33(17-23-10-12-24(30)13-11-23)27(34)18-36-25-14-20(3)28(31)21(4)15-25/h5-15,19,26H,16-18H2,1-4H3,(H,32,35)/t26-/m1/s1. The molecule has 1 N–H and O–H groups in total. The molecule has 36 heavy (non-hydrogen) atoms. The molecule has 5 nitrogen and oxygen atoms in total. The summed E-state index contributed by atoms with van der Waals surface area (Å²) in [5, 5.41) is 3.00. The summed E-state index contributed by atoms with van der Waals surface area (Å²) in [6.07, 6.45) is 0.401. The van der Waals surface area contributed by atoms with Crippen molar-refractivity contribution in [2.75, 3.05) is 6.61 Å². The number of aryl methyl sites for hydroxylation is 2. The third-order valence-corrected chi connectivity index (χ3v) is 7.52.